The first-order valence-corrected chi connectivity index (χ1v) is 11.4. The maximum atomic E-state index is 14.5. The average Bonchev–Trinajstić information content (AvgIpc) is 2.78. The van der Waals surface area contributed by atoms with E-state index >= 15 is 0 Å². The number of rotatable bonds is 4. The first-order valence-electron chi connectivity index (χ1n) is 9.94. The van der Waals surface area contributed by atoms with E-state index in [0.29, 0.717) is 18.8 Å². The van der Waals surface area contributed by atoms with Crippen LogP contribution < -0.4 is 4.90 Å². The Morgan fingerprint density at radius 1 is 0.933 bits per heavy atom. The van der Waals surface area contributed by atoms with Crippen LogP contribution in [0.5, 0.6) is 0 Å². The molecule has 1 heterocycles. The molecule has 0 unspecified atom stereocenters. The molecule has 3 aromatic rings. The summed E-state index contributed by atoms with van der Waals surface area (Å²) >= 11 is 0. The minimum Gasteiger partial charge on any atom is -0.311 e. The number of fused-ring (bicyclic) bond motifs is 1. The van der Waals surface area contributed by atoms with Gasteiger partial charge in [0.05, 0.1) is 0 Å². The molecule has 1 fully saturated rings. The molecule has 0 N–H and O–H groups in total. The summed E-state index contributed by atoms with van der Waals surface area (Å²) in [7, 11) is -2.36. The summed E-state index contributed by atoms with van der Waals surface area (Å²) in [6, 6.07) is 17.0. The summed E-state index contributed by atoms with van der Waals surface area (Å²) in [6.07, 6.45) is 2.47. The average molecular weight is 427 g/mol. The quantitative estimate of drug-likeness (QED) is 0.620. The number of hydrogen-bond acceptors (Lipinski definition) is 3. The van der Waals surface area contributed by atoms with E-state index in [0.717, 1.165) is 42.2 Å². The molecule has 1 saturated heterocycles. The third-order valence-corrected chi connectivity index (χ3v) is 7.45. The van der Waals surface area contributed by atoms with Crippen molar-refractivity contribution in [3.8, 4) is 0 Å². The lowest BCUT2D eigenvalue weighted by Gasteiger charge is -2.26. The number of amides is 1. The van der Waals surface area contributed by atoms with Crippen LogP contribution in [-0.2, 0) is 10.0 Å². The number of nitrogens with zero attached hydrogens (tertiary/aromatic N) is 2. The number of carbonyl (C=O) groups excluding carboxylic acids is 1. The molecule has 30 heavy (non-hydrogen) atoms. The minimum atomic E-state index is -3.98. The zero-order valence-electron chi connectivity index (χ0n) is 16.7. The Bertz CT molecular complexity index is 1200. The molecule has 0 radical (unpaired) electrons. The van der Waals surface area contributed by atoms with E-state index < -0.39 is 26.6 Å². The van der Waals surface area contributed by atoms with Gasteiger partial charge in [0, 0.05) is 31.4 Å². The van der Waals surface area contributed by atoms with Crippen molar-refractivity contribution in [2.75, 3.05) is 25.0 Å². The fraction of sp³-hybridized carbons (Fsp3) is 0.261. The van der Waals surface area contributed by atoms with Gasteiger partial charge in [0.15, 0.2) is 0 Å². The highest BCUT2D eigenvalue weighted by atomic mass is 32.2. The molecule has 5 nitrogen and oxygen atoms in total. The van der Waals surface area contributed by atoms with Crippen molar-refractivity contribution < 1.29 is 17.6 Å². The lowest BCUT2D eigenvalue weighted by molar-refractivity contribution is 0.0992. The van der Waals surface area contributed by atoms with Crippen LogP contribution in [0.15, 0.2) is 65.6 Å². The summed E-state index contributed by atoms with van der Waals surface area (Å²) in [6.45, 7) is 0.744. The van der Waals surface area contributed by atoms with Crippen molar-refractivity contribution in [2.24, 2.45) is 0 Å². The molecule has 1 aliphatic rings. The Hall–Kier alpha value is -2.77. The number of piperidine rings is 1. The molecule has 4 rings (SSSR count). The summed E-state index contributed by atoms with van der Waals surface area (Å²) in [4.78, 5) is 14.0. The van der Waals surface area contributed by atoms with Crippen LogP contribution >= 0.6 is 0 Å². The lowest BCUT2D eigenvalue weighted by Crippen LogP contribution is -2.36. The summed E-state index contributed by atoms with van der Waals surface area (Å²) in [5.74, 6) is -1.24. The lowest BCUT2D eigenvalue weighted by atomic mass is 10.1. The smallest absolute Gasteiger partial charge is 0.258 e. The van der Waals surface area contributed by atoms with E-state index in [2.05, 4.69) is 0 Å². The van der Waals surface area contributed by atoms with Gasteiger partial charge in [-0.15, -0.1) is 0 Å². The van der Waals surface area contributed by atoms with Crippen LogP contribution in [0.4, 0.5) is 10.1 Å². The highest BCUT2D eigenvalue weighted by Gasteiger charge is 2.30. The summed E-state index contributed by atoms with van der Waals surface area (Å²) < 4.78 is 41.6. The predicted octanol–water partition coefficient (Wildman–Crippen LogP) is 4.43. The first kappa shape index (κ1) is 20.5. The number of carbonyl (C=O) groups is 1. The number of sulfonamides is 1. The van der Waals surface area contributed by atoms with Crippen LogP contribution in [0.1, 0.15) is 29.6 Å². The van der Waals surface area contributed by atoms with Crippen LogP contribution in [0.25, 0.3) is 10.8 Å². The third kappa shape index (κ3) is 3.82. The summed E-state index contributed by atoms with van der Waals surface area (Å²) in [5.41, 5.74) is 0.797. The van der Waals surface area contributed by atoms with Crippen molar-refractivity contribution in [1.29, 1.82) is 0 Å². The molecule has 0 bridgehead atoms. The molecule has 0 spiro atoms. The fourth-order valence-electron chi connectivity index (χ4n) is 3.77. The second kappa shape index (κ2) is 8.16. The molecule has 0 aliphatic carbocycles. The molecular formula is C23H23FN2O3S. The maximum absolute atomic E-state index is 14.5. The molecule has 0 saturated carbocycles. The molecule has 0 aromatic heterocycles. The van der Waals surface area contributed by atoms with Crippen molar-refractivity contribution in [2.45, 2.75) is 24.2 Å². The Balaban J connectivity index is 1.66. The largest absolute Gasteiger partial charge is 0.311 e. The van der Waals surface area contributed by atoms with E-state index in [1.807, 2.05) is 42.5 Å². The Labute approximate surface area is 175 Å². The van der Waals surface area contributed by atoms with Gasteiger partial charge in [-0.05, 0) is 53.9 Å². The van der Waals surface area contributed by atoms with Crippen molar-refractivity contribution in [3.05, 3.63) is 72.0 Å². The van der Waals surface area contributed by atoms with Gasteiger partial charge in [-0.2, -0.15) is 4.31 Å². The molecule has 156 valence electrons. The van der Waals surface area contributed by atoms with E-state index in [9.17, 15) is 17.6 Å². The molecule has 7 heteroatoms. The van der Waals surface area contributed by atoms with Crippen LogP contribution in [0, 0.1) is 5.82 Å². The van der Waals surface area contributed by atoms with Gasteiger partial charge in [-0.3, -0.25) is 4.79 Å². The third-order valence-electron chi connectivity index (χ3n) is 5.54. The number of anilines is 1. The monoisotopic (exact) mass is 426 g/mol. The van der Waals surface area contributed by atoms with Crippen molar-refractivity contribution in [1.82, 2.24) is 4.31 Å². The van der Waals surface area contributed by atoms with Gasteiger partial charge >= 0.3 is 0 Å². The molecule has 1 amide bonds. The predicted molar refractivity (Wildman–Crippen MR) is 116 cm³/mol. The van der Waals surface area contributed by atoms with Crippen LogP contribution in [-0.4, -0.2) is 38.8 Å². The Kier molecular flexibility index (Phi) is 5.58. The van der Waals surface area contributed by atoms with Gasteiger partial charge in [-0.25, -0.2) is 12.8 Å². The maximum Gasteiger partial charge on any atom is 0.258 e. The van der Waals surface area contributed by atoms with Gasteiger partial charge in [0.1, 0.15) is 10.7 Å². The molecule has 1 aliphatic heterocycles. The first-order chi connectivity index (χ1) is 14.4. The van der Waals surface area contributed by atoms with Gasteiger partial charge < -0.3 is 4.90 Å². The van der Waals surface area contributed by atoms with Gasteiger partial charge in [-0.1, -0.05) is 36.8 Å². The topological polar surface area (TPSA) is 57.7 Å². The minimum absolute atomic E-state index is 0.127. The zero-order chi connectivity index (χ0) is 21.3. The van der Waals surface area contributed by atoms with E-state index in [1.165, 1.54) is 15.3 Å². The SMILES string of the molecule is CN(C(=O)c1ccc(F)c(S(=O)(=O)N2CCCCC2)c1)c1ccc2ccccc2c1. The normalized spacial score (nSPS) is 15.3. The van der Waals surface area contributed by atoms with Crippen molar-refractivity contribution >= 4 is 32.4 Å². The van der Waals surface area contributed by atoms with Crippen LogP contribution in [0.2, 0.25) is 0 Å². The molecular weight excluding hydrogens is 403 g/mol. The van der Waals surface area contributed by atoms with Crippen molar-refractivity contribution in [3.63, 3.8) is 0 Å². The standard InChI is InChI=1S/C23H23FN2O3S/c1-25(20-11-9-17-7-3-4-8-18(17)15-20)23(27)19-10-12-21(24)22(16-19)30(28,29)26-13-5-2-6-14-26/h3-4,7-12,15-16H,2,5-6,13-14H2,1H3. The number of halogens is 1. The van der Waals surface area contributed by atoms with Crippen LogP contribution in [0.3, 0.4) is 0 Å². The molecule has 0 atom stereocenters. The Morgan fingerprint density at radius 3 is 2.37 bits per heavy atom. The fourth-order valence-corrected chi connectivity index (χ4v) is 5.38. The zero-order valence-corrected chi connectivity index (χ0v) is 17.5. The number of hydrogen-bond donors (Lipinski definition) is 0. The Morgan fingerprint density at radius 2 is 1.63 bits per heavy atom. The summed E-state index contributed by atoms with van der Waals surface area (Å²) in [5, 5.41) is 2.04. The highest BCUT2D eigenvalue weighted by Crippen LogP contribution is 2.26. The van der Waals surface area contributed by atoms with E-state index in [4.69, 9.17) is 0 Å². The second-order valence-corrected chi connectivity index (χ2v) is 9.41. The van der Waals surface area contributed by atoms with Gasteiger partial charge in [0.2, 0.25) is 10.0 Å². The van der Waals surface area contributed by atoms with Gasteiger partial charge in [0.25, 0.3) is 5.91 Å². The highest BCUT2D eigenvalue weighted by molar-refractivity contribution is 7.89. The van der Waals surface area contributed by atoms with E-state index in [-0.39, 0.29) is 5.56 Å². The van der Waals surface area contributed by atoms with E-state index in [1.54, 1.807) is 7.05 Å². The number of benzene rings is 3. The second-order valence-electron chi connectivity index (χ2n) is 7.51. The molecule has 3 aromatic carbocycles.